The van der Waals surface area contributed by atoms with Crippen molar-refractivity contribution < 1.29 is 33.2 Å². The third kappa shape index (κ3) is 14.6. The normalized spacial score (nSPS) is 25.9. The van der Waals surface area contributed by atoms with Gasteiger partial charge in [-0.15, -0.1) is 0 Å². The molecule has 0 spiro atoms. The molecule has 4 heterocycles. The summed E-state index contributed by atoms with van der Waals surface area (Å²) < 4.78 is 37.6. The number of aromatic nitrogens is 2. The second-order valence-electron chi connectivity index (χ2n) is 13.2. The molecule has 51 heavy (non-hydrogen) atoms. The Balaban J connectivity index is 1.31. The first kappa shape index (κ1) is 41.0. The van der Waals surface area contributed by atoms with Crippen molar-refractivity contribution in [2.24, 2.45) is 0 Å². The monoisotopic (exact) mass is 732 g/mol. The molecule has 0 amide bonds. The smallest absolute Gasteiger partial charge is 0.330 e. The third-order valence-corrected chi connectivity index (χ3v) is 9.26. The highest BCUT2D eigenvalue weighted by Crippen LogP contribution is 2.36. The Hall–Kier alpha value is -2.80. The number of rotatable bonds is 21. The first-order chi connectivity index (χ1) is 25.0. The van der Waals surface area contributed by atoms with E-state index in [-0.39, 0.29) is 18.1 Å². The highest BCUT2D eigenvalue weighted by atomic mass is 35.5. The minimum atomic E-state index is -1.13. The fraction of sp³-hybridized carbons (Fsp3) is 0.667. The van der Waals surface area contributed by atoms with Gasteiger partial charge in [0.2, 0.25) is 0 Å². The molecule has 0 aliphatic carbocycles. The molecule has 1 aromatic rings. The maximum atomic E-state index is 13.3. The maximum Gasteiger partial charge on any atom is 0.330 e. The van der Waals surface area contributed by atoms with Gasteiger partial charge in [-0.1, -0.05) is 80.0 Å². The van der Waals surface area contributed by atoms with E-state index in [2.05, 4.69) is 60.5 Å². The molecule has 0 saturated carbocycles. The van der Waals surface area contributed by atoms with Crippen LogP contribution in [0.4, 0.5) is 0 Å². The number of hydrogen-bond donors (Lipinski definition) is 1. The summed E-state index contributed by atoms with van der Waals surface area (Å²) in [6, 6.07) is 0. The maximum absolute atomic E-state index is 13.3. The second-order valence-corrected chi connectivity index (χ2v) is 13.6. The molecule has 6 atom stereocenters. The van der Waals surface area contributed by atoms with Crippen LogP contribution in [-0.4, -0.2) is 66.2 Å². The Bertz CT molecular complexity index is 1390. The molecular weight excluding hydrogens is 676 g/mol. The summed E-state index contributed by atoms with van der Waals surface area (Å²) in [5, 5.41) is -0.203. The summed E-state index contributed by atoms with van der Waals surface area (Å²) in [5.74, 6) is -0.455. The van der Waals surface area contributed by atoms with E-state index in [0.717, 1.165) is 55.9 Å². The molecule has 3 fully saturated rings. The van der Waals surface area contributed by atoms with E-state index < -0.39 is 54.3 Å². The van der Waals surface area contributed by atoms with E-state index in [1.807, 2.05) is 0 Å². The molecule has 2 unspecified atom stereocenters. The van der Waals surface area contributed by atoms with E-state index in [1.54, 1.807) is 0 Å². The van der Waals surface area contributed by atoms with Crippen LogP contribution in [0.5, 0.6) is 0 Å². The van der Waals surface area contributed by atoms with Crippen LogP contribution >= 0.6 is 11.6 Å². The molecule has 1 N–H and O–H groups in total. The number of ether oxygens (including phenoxy) is 6. The standard InChI is InChI=1S/C39H57ClN2O9/c1-2-3-4-5-6-7-8-9-10-11-12-13-14-15-16-17-18-23-32(43)50-36-35(51-34-25-20-22-27-47-34)31(29-48-33-24-19-21-26-46-33)49-38(36)42-28-30(40)37(44)41-39(42)45/h6-7,9-10,12-13,15-16,28,31,33-36,38H,2-5,8,11,14,17-27,29H2,1H3,(H,41,44,45)/b7-6-,10-9-,13-12-,16-15-/t31-,33?,34?,35-,36-,38-/m1/s1. The van der Waals surface area contributed by atoms with Crippen molar-refractivity contribution in [2.75, 3.05) is 19.8 Å². The largest absolute Gasteiger partial charge is 0.455 e. The molecule has 3 aliphatic heterocycles. The van der Waals surface area contributed by atoms with Crippen molar-refractivity contribution in [1.82, 2.24) is 9.55 Å². The minimum Gasteiger partial charge on any atom is -0.455 e. The zero-order valence-electron chi connectivity index (χ0n) is 30.1. The summed E-state index contributed by atoms with van der Waals surface area (Å²) in [6.45, 7) is 3.46. The molecule has 3 saturated heterocycles. The van der Waals surface area contributed by atoms with Crippen LogP contribution in [0.1, 0.15) is 116 Å². The molecule has 11 nitrogen and oxygen atoms in total. The predicted octanol–water partition coefficient (Wildman–Crippen LogP) is 7.60. The van der Waals surface area contributed by atoms with Crippen LogP contribution in [-0.2, 0) is 33.2 Å². The molecule has 284 valence electrons. The molecule has 0 aromatic carbocycles. The first-order valence-electron chi connectivity index (χ1n) is 18.9. The average molecular weight is 733 g/mol. The average Bonchev–Trinajstić information content (AvgIpc) is 3.46. The van der Waals surface area contributed by atoms with E-state index in [1.165, 1.54) is 31.9 Å². The van der Waals surface area contributed by atoms with Crippen LogP contribution in [0.3, 0.4) is 0 Å². The lowest BCUT2D eigenvalue weighted by Crippen LogP contribution is -2.44. The number of unbranched alkanes of at least 4 members (excludes halogenated alkanes) is 4. The van der Waals surface area contributed by atoms with Crippen molar-refractivity contribution in [3.8, 4) is 0 Å². The number of halogens is 1. The number of hydrogen-bond acceptors (Lipinski definition) is 9. The minimum absolute atomic E-state index is 0.0739. The highest BCUT2D eigenvalue weighted by molar-refractivity contribution is 6.30. The van der Waals surface area contributed by atoms with E-state index in [9.17, 15) is 14.4 Å². The van der Waals surface area contributed by atoms with Crippen LogP contribution in [0.2, 0.25) is 5.02 Å². The summed E-state index contributed by atoms with van der Waals surface area (Å²) in [7, 11) is 0. The van der Waals surface area contributed by atoms with Crippen LogP contribution in [0.25, 0.3) is 0 Å². The van der Waals surface area contributed by atoms with Crippen LogP contribution < -0.4 is 11.2 Å². The molecule has 12 heteroatoms. The second kappa shape index (κ2) is 23.7. The summed E-state index contributed by atoms with van der Waals surface area (Å²) in [4.78, 5) is 40.5. The van der Waals surface area contributed by atoms with Crippen molar-refractivity contribution in [1.29, 1.82) is 0 Å². The van der Waals surface area contributed by atoms with E-state index >= 15 is 0 Å². The number of esters is 1. The Morgan fingerprint density at radius 3 is 2.12 bits per heavy atom. The van der Waals surface area contributed by atoms with Gasteiger partial charge in [0.15, 0.2) is 24.9 Å². The Kier molecular flexibility index (Phi) is 19.0. The number of carbonyl (C=O) groups excluding carboxylic acids is 1. The van der Waals surface area contributed by atoms with Crippen LogP contribution in [0, 0.1) is 0 Å². The lowest BCUT2D eigenvalue weighted by Gasteiger charge is -2.31. The summed E-state index contributed by atoms with van der Waals surface area (Å²) >= 11 is 6.12. The van der Waals surface area contributed by atoms with Crippen molar-refractivity contribution in [2.45, 2.75) is 147 Å². The molecule has 0 radical (unpaired) electrons. The van der Waals surface area contributed by atoms with Gasteiger partial charge >= 0.3 is 11.7 Å². The van der Waals surface area contributed by atoms with E-state index in [4.69, 9.17) is 40.0 Å². The SMILES string of the molecule is CCCCC/C=C\C/C=C\C/C=C\C/C=C\CCCC(=O)O[C@@H]1[C@H](OC2CCCCO2)[C@@H](COC2CCCCO2)O[C@H]1n1cc(Cl)c(=O)[nH]c1=O. The fourth-order valence-electron chi connectivity index (χ4n) is 6.18. The van der Waals surface area contributed by atoms with Crippen molar-refractivity contribution in [3.63, 3.8) is 0 Å². The van der Waals surface area contributed by atoms with Gasteiger partial charge < -0.3 is 28.4 Å². The Morgan fingerprint density at radius 1 is 0.863 bits per heavy atom. The predicted molar refractivity (Wildman–Crippen MR) is 197 cm³/mol. The fourth-order valence-corrected chi connectivity index (χ4v) is 6.33. The number of carbonyl (C=O) groups is 1. The van der Waals surface area contributed by atoms with Gasteiger partial charge in [0.1, 0.15) is 17.2 Å². The molecule has 1 aromatic heterocycles. The number of allylic oxidation sites excluding steroid dienone is 8. The molecule has 0 bridgehead atoms. The molecule has 4 rings (SSSR count). The third-order valence-electron chi connectivity index (χ3n) is 8.99. The van der Waals surface area contributed by atoms with Gasteiger partial charge in [-0.25, -0.2) is 4.79 Å². The lowest BCUT2D eigenvalue weighted by atomic mass is 10.1. The van der Waals surface area contributed by atoms with Gasteiger partial charge in [-0.2, -0.15) is 0 Å². The number of nitrogens with zero attached hydrogens (tertiary/aromatic N) is 1. The summed E-state index contributed by atoms with van der Waals surface area (Å²) in [6.07, 6.45) is 28.3. The summed E-state index contributed by atoms with van der Waals surface area (Å²) in [5.41, 5.74) is -1.47. The Morgan fingerprint density at radius 2 is 1.49 bits per heavy atom. The van der Waals surface area contributed by atoms with Gasteiger partial charge in [-0.05, 0) is 83.5 Å². The van der Waals surface area contributed by atoms with E-state index in [0.29, 0.717) is 32.5 Å². The zero-order valence-corrected chi connectivity index (χ0v) is 30.9. The van der Waals surface area contributed by atoms with Gasteiger partial charge in [0, 0.05) is 25.8 Å². The van der Waals surface area contributed by atoms with Gasteiger partial charge in [-0.3, -0.25) is 19.1 Å². The zero-order chi connectivity index (χ0) is 36.1. The van der Waals surface area contributed by atoms with Gasteiger partial charge in [0.25, 0.3) is 5.56 Å². The number of H-pyrrole nitrogens is 1. The van der Waals surface area contributed by atoms with Crippen molar-refractivity contribution >= 4 is 17.6 Å². The number of aromatic amines is 1. The number of nitrogens with one attached hydrogen (secondary N) is 1. The van der Waals surface area contributed by atoms with Gasteiger partial charge in [0.05, 0.1) is 6.61 Å². The molecular formula is C39H57ClN2O9. The Labute approximate surface area is 307 Å². The molecule has 3 aliphatic rings. The lowest BCUT2D eigenvalue weighted by molar-refractivity contribution is -0.225. The van der Waals surface area contributed by atoms with Crippen LogP contribution in [0.15, 0.2) is 64.4 Å². The highest BCUT2D eigenvalue weighted by Gasteiger charge is 2.51. The topological polar surface area (TPSA) is 127 Å². The van der Waals surface area contributed by atoms with Crippen molar-refractivity contribution in [3.05, 3.63) is 80.7 Å². The first-order valence-corrected chi connectivity index (χ1v) is 19.3. The quantitative estimate of drug-likeness (QED) is 0.0772.